The molecule has 0 saturated carbocycles. The Kier molecular flexibility index (Phi) is 6.62. The molecule has 144 valence electrons. The van der Waals surface area contributed by atoms with Gasteiger partial charge in [0.2, 0.25) is 0 Å². The van der Waals surface area contributed by atoms with Gasteiger partial charge in [-0.25, -0.2) is 5.43 Å². The number of hydrogen-bond acceptors (Lipinski definition) is 4. The molecule has 0 radical (unpaired) electrons. The SMILES string of the molecule is Cc1ccccc1C(=O)N/N=C/c1cc(Cl)ccc1OCc1ccc(C#N)cc1. The number of nitrogens with one attached hydrogen (secondary N) is 1. The maximum atomic E-state index is 12.3. The fourth-order valence-electron chi connectivity index (χ4n) is 2.64. The molecule has 6 heteroatoms. The van der Waals surface area contributed by atoms with Gasteiger partial charge in [0.15, 0.2) is 0 Å². The van der Waals surface area contributed by atoms with Gasteiger partial charge in [-0.2, -0.15) is 10.4 Å². The van der Waals surface area contributed by atoms with Gasteiger partial charge in [-0.05, 0) is 54.4 Å². The van der Waals surface area contributed by atoms with Crippen LogP contribution in [0, 0.1) is 18.3 Å². The minimum Gasteiger partial charge on any atom is -0.488 e. The van der Waals surface area contributed by atoms with Crippen molar-refractivity contribution in [2.45, 2.75) is 13.5 Å². The number of hydrazone groups is 1. The first-order chi connectivity index (χ1) is 14.1. The molecule has 3 rings (SSSR count). The molecule has 3 aromatic rings. The van der Waals surface area contributed by atoms with Gasteiger partial charge in [0.05, 0.1) is 17.8 Å². The first-order valence-corrected chi connectivity index (χ1v) is 9.25. The lowest BCUT2D eigenvalue weighted by molar-refractivity contribution is 0.0954. The number of nitrogens with zero attached hydrogens (tertiary/aromatic N) is 2. The number of rotatable bonds is 6. The first-order valence-electron chi connectivity index (χ1n) is 8.87. The van der Waals surface area contributed by atoms with Gasteiger partial charge in [0.1, 0.15) is 12.4 Å². The normalized spacial score (nSPS) is 10.5. The van der Waals surface area contributed by atoms with E-state index in [1.54, 1.807) is 42.5 Å². The summed E-state index contributed by atoms with van der Waals surface area (Å²) < 4.78 is 5.87. The maximum Gasteiger partial charge on any atom is 0.271 e. The van der Waals surface area contributed by atoms with Crippen LogP contribution >= 0.6 is 11.6 Å². The van der Waals surface area contributed by atoms with E-state index in [-0.39, 0.29) is 5.91 Å². The molecule has 3 aromatic carbocycles. The molecule has 0 aliphatic heterocycles. The number of aryl methyl sites for hydroxylation is 1. The number of halogens is 1. The van der Waals surface area contributed by atoms with Gasteiger partial charge in [0.25, 0.3) is 5.91 Å². The Bertz CT molecular complexity index is 1090. The second kappa shape index (κ2) is 9.54. The van der Waals surface area contributed by atoms with Gasteiger partial charge in [0, 0.05) is 16.1 Å². The summed E-state index contributed by atoms with van der Waals surface area (Å²) in [6.45, 7) is 2.19. The van der Waals surface area contributed by atoms with Crippen molar-refractivity contribution in [3.05, 3.63) is 99.6 Å². The van der Waals surface area contributed by atoms with E-state index in [1.807, 2.05) is 31.2 Å². The van der Waals surface area contributed by atoms with Crippen molar-refractivity contribution in [3.63, 3.8) is 0 Å². The minimum atomic E-state index is -0.290. The van der Waals surface area contributed by atoms with Gasteiger partial charge >= 0.3 is 0 Å². The average Bonchev–Trinajstić information content (AvgIpc) is 2.74. The first kappa shape index (κ1) is 20.1. The second-order valence-electron chi connectivity index (χ2n) is 6.29. The van der Waals surface area contributed by atoms with E-state index in [0.29, 0.717) is 34.1 Å². The lowest BCUT2D eigenvalue weighted by Gasteiger charge is -2.10. The second-order valence-corrected chi connectivity index (χ2v) is 6.73. The molecule has 0 bridgehead atoms. The molecule has 0 heterocycles. The van der Waals surface area contributed by atoms with Crippen LogP contribution in [0.2, 0.25) is 5.02 Å². The van der Waals surface area contributed by atoms with Crippen LogP contribution in [-0.2, 0) is 6.61 Å². The molecular weight excluding hydrogens is 386 g/mol. The summed E-state index contributed by atoms with van der Waals surface area (Å²) >= 11 is 6.09. The predicted octanol–water partition coefficient (Wildman–Crippen LogP) is 4.86. The van der Waals surface area contributed by atoms with Crippen molar-refractivity contribution in [2.24, 2.45) is 5.10 Å². The molecule has 0 aliphatic rings. The molecule has 29 heavy (non-hydrogen) atoms. The van der Waals surface area contributed by atoms with Gasteiger partial charge in [-0.1, -0.05) is 41.9 Å². The van der Waals surface area contributed by atoms with E-state index >= 15 is 0 Å². The van der Waals surface area contributed by atoms with Crippen molar-refractivity contribution in [2.75, 3.05) is 0 Å². The number of nitriles is 1. The topological polar surface area (TPSA) is 74.5 Å². The lowest BCUT2D eigenvalue weighted by atomic mass is 10.1. The third-order valence-electron chi connectivity index (χ3n) is 4.21. The van der Waals surface area contributed by atoms with Crippen LogP contribution in [0.25, 0.3) is 0 Å². The highest BCUT2D eigenvalue weighted by atomic mass is 35.5. The monoisotopic (exact) mass is 403 g/mol. The van der Waals surface area contributed by atoms with Crippen LogP contribution in [0.1, 0.15) is 32.6 Å². The summed E-state index contributed by atoms with van der Waals surface area (Å²) in [5.41, 5.74) is 6.11. The molecule has 0 atom stereocenters. The summed E-state index contributed by atoms with van der Waals surface area (Å²) in [5.74, 6) is 0.286. The standard InChI is InChI=1S/C23H18ClN3O2/c1-16-4-2-3-5-21(16)23(28)27-26-14-19-12-20(24)10-11-22(19)29-15-18-8-6-17(13-25)7-9-18/h2-12,14H,15H2,1H3,(H,27,28)/b26-14+. The Balaban J connectivity index is 1.69. The number of carbonyl (C=O) groups is 1. The van der Waals surface area contributed by atoms with E-state index in [4.69, 9.17) is 21.6 Å². The largest absolute Gasteiger partial charge is 0.488 e. The number of amides is 1. The van der Waals surface area contributed by atoms with E-state index in [1.165, 1.54) is 6.21 Å². The van der Waals surface area contributed by atoms with Crippen LogP contribution < -0.4 is 10.2 Å². The third-order valence-corrected chi connectivity index (χ3v) is 4.44. The van der Waals surface area contributed by atoms with E-state index in [9.17, 15) is 4.79 Å². The molecule has 0 fully saturated rings. The fourth-order valence-corrected chi connectivity index (χ4v) is 2.82. The summed E-state index contributed by atoms with van der Waals surface area (Å²) in [5, 5.41) is 13.4. The molecule has 1 amide bonds. The van der Waals surface area contributed by atoms with Crippen LogP contribution in [0.4, 0.5) is 0 Å². The summed E-state index contributed by atoms with van der Waals surface area (Å²) in [4.78, 5) is 12.3. The average molecular weight is 404 g/mol. The lowest BCUT2D eigenvalue weighted by Crippen LogP contribution is -2.18. The molecule has 0 unspecified atom stereocenters. The highest BCUT2D eigenvalue weighted by molar-refractivity contribution is 6.30. The van der Waals surface area contributed by atoms with Crippen LogP contribution in [0.5, 0.6) is 5.75 Å². The van der Waals surface area contributed by atoms with Crippen LogP contribution in [0.15, 0.2) is 71.8 Å². The van der Waals surface area contributed by atoms with Gasteiger partial charge < -0.3 is 4.74 Å². The van der Waals surface area contributed by atoms with Crippen LogP contribution in [-0.4, -0.2) is 12.1 Å². The Morgan fingerprint density at radius 2 is 1.93 bits per heavy atom. The van der Waals surface area contributed by atoms with Crippen molar-refractivity contribution in [1.29, 1.82) is 5.26 Å². The molecule has 5 nitrogen and oxygen atoms in total. The number of benzene rings is 3. The molecule has 0 saturated heterocycles. The smallest absolute Gasteiger partial charge is 0.271 e. The third kappa shape index (κ3) is 5.44. The highest BCUT2D eigenvalue weighted by Gasteiger charge is 2.07. The molecule has 0 aromatic heterocycles. The number of carbonyl (C=O) groups excluding carboxylic acids is 1. The highest BCUT2D eigenvalue weighted by Crippen LogP contribution is 2.22. The predicted molar refractivity (Wildman–Crippen MR) is 113 cm³/mol. The Labute approximate surface area is 174 Å². The zero-order valence-corrected chi connectivity index (χ0v) is 16.5. The Hall–Kier alpha value is -3.62. The van der Waals surface area contributed by atoms with Crippen molar-refractivity contribution in [3.8, 4) is 11.8 Å². The summed E-state index contributed by atoms with van der Waals surface area (Å²) in [7, 11) is 0. The Morgan fingerprint density at radius 1 is 1.17 bits per heavy atom. The minimum absolute atomic E-state index is 0.290. The van der Waals surface area contributed by atoms with Gasteiger partial charge in [-0.3, -0.25) is 4.79 Å². The van der Waals surface area contributed by atoms with Gasteiger partial charge in [-0.15, -0.1) is 0 Å². The zero-order chi connectivity index (χ0) is 20.6. The molecule has 0 aliphatic carbocycles. The van der Waals surface area contributed by atoms with E-state index < -0.39 is 0 Å². The molecule has 1 N–H and O–H groups in total. The molecular formula is C23H18ClN3O2. The number of ether oxygens (including phenoxy) is 1. The Morgan fingerprint density at radius 3 is 2.66 bits per heavy atom. The quantitative estimate of drug-likeness (QED) is 0.471. The number of hydrogen-bond donors (Lipinski definition) is 1. The van der Waals surface area contributed by atoms with Crippen molar-refractivity contribution >= 4 is 23.7 Å². The molecule has 0 spiro atoms. The van der Waals surface area contributed by atoms with E-state index in [2.05, 4.69) is 16.6 Å². The summed E-state index contributed by atoms with van der Waals surface area (Å²) in [6, 6.07) is 21.7. The van der Waals surface area contributed by atoms with Crippen molar-refractivity contribution < 1.29 is 9.53 Å². The van der Waals surface area contributed by atoms with Crippen LogP contribution in [0.3, 0.4) is 0 Å². The fraction of sp³-hybridized carbons (Fsp3) is 0.0870. The van der Waals surface area contributed by atoms with E-state index in [0.717, 1.165) is 11.1 Å². The maximum absolute atomic E-state index is 12.3. The van der Waals surface area contributed by atoms with Crippen molar-refractivity contribution in [1.82, 2.24) is 5.43 Å². The zero-order valence-electron chi connectivity index (χ0n) is 15.7. The summed E-state index contributed by atoms with van der Waals surface area (Å²) in [6.07, 6.45) is 1.50.